The third kappa shape index (κ3) is 6.35. The van der Waals surface area contributed by atoms with E-state index in [1.165, 1.54) is 11.8 Å². The third-order valence-electron chi connectivity index (χ3n) is 5.71. The summed E-state index contributed by atoms with van der Waals surface area (Å²) in [4.78, 5) is 13.0. The summed E-state index contributed by atoms with van der Waals surface area (Å²) < 4.78 is 18.9. The van der Waals surface area contributed by atoms with Gasteiger partial charge in [-0.3, -0.25) is 9.36 Å². The molecule has 0 spiro atoms. The van der Waals surface area contributed by atoms with Gasteiger partial charge in [0, 0.05) is 19.1 Å². The summed E-state index contributed by atoms with van der Waals surface area (Å²) in [6.45, 7) is 6.58. The van der Waals surface area contributed by atoms with Gasteiger partial charge in [-0.2, -0.15) is 0 Å². The normalized spacial score (nSPS) is 13.9. The number of carbonyl (C=O) groups is 1. The number of rotatable bonds is 10. The van der Waals surface area contributed by atoms with Gasteiger partial charge in [-0.25, -0.2) is 0 Å². The Morgan fingerprint density at radius 1 is 1.11 bits per heavy atom. The summed E-state index contributed by atoms with van der Waals surface area (Å²) in [5, 5.41) is 12.6. The minimum absolute atomic E-state index is 0.0663. The molecule has 0 saturated heterocycles. The molecule has 2 heterocycles. The summed E-state index contributed by atoms with van der Waals surface area (Å²) >= 11 is 1.37. The number of thioether (sulfide) groups is 1. The molecule has 1 aliphatic heterocycles. The van der Waals surface area contributed by atoms with Crippen molar-refractivity contribution < 1.29 is 19.0 Å². The minimum atomic E-state index is -0.147. The molecule has 0 radical (unpaired) electrons. The lowest BCUT2D eigenvalue weighted by atomic mass is 9.95. The van der Waals surface area contributed by atoms with E-state index in [0.717, 1.165) is 34.9 Å². The number of nitrogens with zero attached hydrogens (tertiary/aromatic N) is 3. The number of aromatic nitrogens is 3. The van der Waals surface area contributed by atoms with Crippen LogP contribution in [0, 0.1) is 5.92 Å². The SMILES string of the molecule is COCCn1c(SCC(=O)NC(c2ccc3c(c2)OCCCO3)C(C)C)nnc1-c1ccccc1. The standard InChI is InChI=1S/C26H32N4O4S/c1-18(2)24(20-10-11-21-22(16-20)34-14-7-13-33-21)27-23(31)17-35-26-29-28-25(30(26)12-15-32-3)19-8-5-4-6-9-19/h4-6,8-11,16,18,24H,7,12-15,17H2,1-3H3,(H,27,31). The monoisotopic (exact) mass is 496 g/mol. The number of benzene rings is 2. The first kappa shape index (κ1) is 25.1. The smallest absolute Gasteiger partial charge is 0.230 e. The van der Waals surface area contributed by atoms with Gasteiger partial charge in [0.05, 0.1) is 38.2 Å². The average molecular weight is 497 g/mol. The number of carbonyl (C=O) groups excluding carboxylic acids is 1. The number of hydrogen-bond donors (Lipinski definition) is 1. The van der Waals surface area contributed by atoms with Crippen molar-refractivity contribution in [2.75, 3.05) is 32.7 Å². The second-order valence-corrected chi connectivity index (χ2v) is 9.59. The molecular formula is C26H32N4O4S. The molecule has 1 amide bonds. The number of hydrogen-bond acceptors (Lipinski definition) is 7. The lowest BCUT2D eigenvalue weighted by molar-refractivity contribution is -0.119. The van der Waals surface area contributed by atoms with Crippen LogP contribution in [-0.4, -0.2) is 53.4 Å². The van der Waals surface area contributed by atoms with Crippen LogP contribution < -0.4 is 14.8 Å². The van der Waals surface area contributed by atoms with Gasteiger partial charge in [0.15, 0.2) is 22.5 Å². The highest BCUT2D eigenvalue weighted by molar-refractivity contribution is 7.99. The lowest BCUT2D eigenvalue weighted by Gasteiger charge is -2.24. The second-order valence-electron chi connectivity index (χ2n) is 8.65. The average Bonchev–Trinajstić information content (AvgIpc) is 3.12. The second kappa shape index (κ2) is 12.1. The van der Waals surface area contributed by atoms with Gasteiger partial charge in [0.25, 0.3) is 0 Å². The fourth-order valence-corrected chi connectivity index (χ4v) is 4.71. The molecule has 0 bridgehead atoms. The highest BCUT2D eigenvalue weighted by Crippen LogP contribution is 2.34. The van der Waals surface area contributed by atoms with Crippen molar-refractivity contribution in [1.82, 2.24) is 20.1 Å². The molecule has 1 aromatic heterocycles. The van der Waals surface area contributed by atoms with Crippen molar-refractivity contribution in [3.63, 3.8) is 0 Å². The van der Waals surface area contributed by atoms with Crippen LogP contribution in [0.15, 0.2) is 53.7 Å². The molecule has 186 valence electrons. The van der Waals surface area contributed by atoms with Gasteiger partial charge in [-0.05, 0) is 23.6 Å². The Bertz CT molecular complexity index is 1120. The molecule has 8 nitrogen and oxygen atoms in total. The van der Waals surface area contributed by atoms with E-state index in [0.29, 0.717) is 31.5 Å². The van der Waals surface area contributed by atoms with E-state index >= 15 is 0 Å². The van der Waals surface area contributed by atoms with Crippen LogP contribution in [0.5, 0.6) is 11.5 Å². The largest absolute Gasteiger partial charge is 0.490 e. The first-order chi connectivity index (χ1) is 17.1. The summed E-state index contributed by atoms with van der Waals surface area (Å²) in [7, 11) is 1.67. The molecule has 35 heavy (non-hydrogen) atoms. The van der Waals surface area contributed by atoms with E-state index in [-0.39, 0.29) is 23.6 Å². The van der Waals surface area contributed by atoms with Gasteiger partial charge in [-0.1, -0.05) is 62.0 Å². The summed E-state index contributed by atoms with van der Waals surface area (Å²) in [5.74, 6) is 2.60. The zero-order valence-corrected chi connectivity index (χ0v) is 21.2. The molecule has 2 aromatic carbocycles. The van der Waals surface area contributed by atoms with Crippen LogP contribution in [0.25, 0.3) is 11.4 Å². The van der Waals surface area contributed by atoms with E-state index in [2.05, 4.69) is 29.4 Å². The van der Waals surface area contributed by atoms with E-state index in [9.17, 15) is 4.79 Å². The zero-order valence-electron chi connectivity index (χ0n) is 20.4. The first-order valence-corrected chi connectivity index (χ1v) is 12.8. The molecule has 0 fully saturated rings. The predicted octanol–water partition coefficient (Wildman–Crippen LogP) is 4.36. The zero-order chi connectivity index (χ0) is 24.6. The van der Waals surface area contributed by atoms with E-state index in [1.807, 2.05) is 53.1 Å². The van der Waals surface area contributed by atoms with Gasteiger partial charge >= 0.3 is 0 Å². The van der Waals surface area contributed by atoms with Crippen LogP contribution in [-0.2, 0) is 16.1 Å². The summed E-state index contributed by atoms with van der Waals surface area (Å²) in [5.41, 5.74) is 1.97. The van der Waals surface area contributed by atoms with Gasteiger partial charge in [-0.15, -0.1) is 10.2 Å². The molecule has 1 aliphatic rings. The molecule has 1 unspecified atom stereocenters. The van der Waals surface area contributed by atoms with Crippen molar-refractivity contribution >= 4 is 17.7 Å². The quantitative estimate of drug-likeness (QED) is 0.417. The molecule has 1 atom stereocenters. The highest BCUT2D eigenvalue weighted by atomic mass is 32.2. The molecule has 1 N–H and O–H groups in total. The van der Waals surface area contributed by atoms with Crippen LogP contribution in [0.2, 0.25) is 0 Å². The summed E-state index contributed by atoms with van der Waals surface area (Å²) in [6.07, 6.45) is 0.854. The molecule has 0 aliphatic carbocycles. The maximum Gasteiger partial charge on any atom is 0.230 e. The number of amides is 1. The Morgan fingerprint density at radius 3 is 2.63 bits per heavy atom. The third-order valence-corrected chi connectivity index (χ3v) is 6.68. The van der Waals surface area contributed by atoms with Crippen molar-refractivity contribution in [2.45, 2.75) is 38.0 Å². The van der Waals surface area contributed by atoms with Crippen molar-refractivity contribution in [3.05, 3.63) is 54.1 Å². The number of methoxy groups -OCH3 is 1. The maximum atomic E-state index is 13.0. The van der Waals surface area contributed by atoms with Crippen LogP contribution >= 0.6 is 11.8 Å². The Morgan fingerprint density at radius 2 is 1.89 bits per heavy atom. The molecule has 9 heteroatoms. The van der Waals surface area contributed by atoms with Gasteiger partial charge in [0.2, 0.25) is 5.91 Å². The number of ether oxygens (including phenoxy) is 3. The Balaban J connectivity index is 1.45. The fraction of sp³-hybridized carbons (Fsp3) is 0.423. The van der Waals surface area contributed by atoms with E-state index in [4.69, 9.17) is 14.2 Å². The van der Waals surface area contributed by atoms with Gasteiger partial charge in [0.1, 0.15) is 0 Å². The predicted molar refractivity (Wildman–Crippen MR) is 136 cm³/mol. The first-order valence-electron chi connectivity index (χ1n) is 11.9. The maximum absolute atomic E-state index is 13.0. The van der Waals surface area contributed by atoms with Crippen molar-refractivity contribution in [1.29, 1.82) is 0 Å². The van der Waals surface area contributed by atoms with E-state index in [1.54, 1.807) is 7.11 Å². The van der Waals surface area contributed by atoms with Gasteiger partial charge < -0.3 is 19.5 Å². The number of nitrogens with one attached hydrogen (secondary N) is 1. The Hall–Kier alpha value is -3.04. The van der Waals surface area contributed by atoms with Crippen molar-refractivity contribution in [2.24, 2.45) is 5.92 Å². The molecule has 4 rings (SSSR count). The fourth-order valence-electron chi connectivity index (χ4n) is 3.93. The summed E-state index contributed by atoms with van der Waals surface area (Å²) in [6, 6.07) is 15.7. The topological polar surface area (TPSA) is 87.5 Å². The van der Waals surface area contributed by atoms with Crippen molar-refractivity contribution in [3.8, 4) is 22.9 Å². The molecule has 3 aromatic rings. The van der Waals surface area contributed by atoms with Crippen LogP contribution in [0.1, 0.15) is 31.9 Å². The highest BCUT2D eigenvalue weighted by Gasteiger charge is 2.22. The van der Waals surface area contributed by atoms with Crippen LogP contribution in [0.3, 0.4) is 0 Å². The Labute approximate surface area is 210 Å². The Kier molecular flexibility index (Phi) is 8.65. The molecule has 0 saturated carbocycles. The number of fused-ring (bicyclic) bond motifs is 1. The minimum Gasteiger partial charge on any atom is -0.490 e. The molecular weight excluding hydrogens is 464 g/mol. The lowest BCUT2D eigenvalue weighted by Crippen LogP contribution is -2.33. The van der Waals surface area contributed by atoms with Crippen LogP contribution in [0.4, 0.5) is 0 Å². The van der Waals surface area contributed by atoms with E-state index < -0.39 is 0 Å².